The maximum absolute atomic E-state index is 12.5. The summed E-state index contributed by atoms with van der Waals surface area (Å²) in [6.45, 7) is 1.36. The molecule has 2 heterocycles. The van der Waals surface area contributed by atoms with Crippen molar-refractivity contribution in [3.63, 3.8) is 0 Å². The molecular weight excluding hydrogens is 367 g/mol. The monoisotopic (exact) mass is 378 g/mol. The average Bonchev–Trinajstić information content (AvgIpc) is 2.57. The van der Waals surface area contributed by atoms with Crippen LogP contribution in [0.5, 0.6) is 0 Å². The van der Waals surface area contributed by atoms with Crippen LogP contribution >= 0.6 is 23.2 Å². The van der Waals surface area contributed by atoms with Gasteiger partial charge in [0.15, 0.2) is 5.58 Å². The van der Waals surface area contributed by atoms with Crippen molar-refractivity contribution < 1.29 is 14.3 Å². The molecule has 0 aliphatic rings. The lowest BCUT2D eigenvalue weighted by molar-refractivity contribution is 0.102. The van der Waals surface area contributed by atoms with Crippen molar-refractivity contribution >= 4 is 45.8 Å². The molecule has 3 rings (SSSR count). The molecule has 25 heavy (non-hydrogen) atoms. The number of carbonyl (C=O) groups is 1. The molecule has 8 heteroatoms. The summed E-state index contributed by atoms with van der Waals surface area (Å²) in [5.74, 6) is -0.682. The fourth-order valence-electron chi connectivity index (χ4n) is 2.35. The number of hydrogen-bond acceptors (Lipinski definition) is 5. The molecule has 1 amide bonds. The Balaban J connectivity index is 2.07. The molecule has 0 fully saturated rings. The third-order valence-electron chi connectivity index (χ3n) is 3.63. The molecule has 3 aromatic rings. The summed E-state index contributed by atoms with van der Waals surface area (Å²) < 4.78 is 5.23. The van der Waals surface area contributed by atoms with Gasteiger partial charge in [-0.1, -0.05) is 23.2 Å². The maximum Gasteiger partial charge on any atom is 0.349 e. The molecule has 0 spiro atoms. The number of aliphatic hydroxyl groups excluding tert-OH is 1. The molecule has 0 unspecified atom stereocenters. The fraction of sp³-hybridized carbons (Fsp3) is 0.118. The molecule has 0 radical (unpaired) electrons. The van der Waals surface area contributed by atoms with Gasteiger partial charge >= 0.3 is 5.63 Å². The number of nitrogens with one attached hydrogen (secondary N) is 1. The third kappa shape index (κ3) is 3.37. The predicted octanol–water partition coefficient (Wildman–Crippen LogP) is 3.55. The van der Waals surface area contributed by atoms with Crippen LogP contribution in [-0.2, 0) is 6.61 Å². The lowest BCUT2D eigenvalue weighted by atomic mass is 10.1. The van der Waals surface area contributed by atoms with Crippen molar-refractivity contribution in [3.05, 3.63) is 67.7 Å². The Labute approximate surface area is 152 Å². The molecule has 0 aliphatic carbocycles. The number of carbonyl (C=O) groups excluding carboxylic acids is 1. The first-order chi connectivity index (χ1) is 11.9. The second-order valence-corrected chi connectivity index (χ2v) is 6.14. The standard InChI is InChI=1S/C17H12Cl2N2O4/c1-8-15-11(9(7-22)6-20-8)5-12(17(24)25-15)16(23)21-14-3-2-10(18)4-13(14)19/h2-6,22H,7H2,1H3,(H,21,23). The van der Waals surface area contributed by atoms with E-state index in [4.69, 9.17) is 27.6 Å². The zero-order valence-electron chi connectivity index (χ0n) is 13.0. The number of halogens is 2. The van der Waals surface area contributed by atoms with Crippen LogP contribution in [0.15, 0.2) is 39.7 Å². The molecule has 6 nitrogen and oxygen atoms in total. The molecule has 2 aromatic heterocycles. The molecular formula is C17H12Cl2N2O4. The molecule has 128 valence electrons. The van der Waals surface area contributed by atoms with E-state index in [-0.39, 0.29) is 22.8 Å². The number of anilines is 1. The Kier molecular flexibility index (Phi) is 4.76. The quantitative estimate of drug-likeness (QED) is 0.726. The normalized spacial score (nSPS) is 10.9. The Morgan fingerprint density at radius 1 is 1.32 bits per heavy atom. The van der Waals surface area contributed by atoms with Crippen LogP contribution in [0.2, 0.25) is 10.0 Å². The maximum atomic E-state index is 12.5. The summed E-state index contributed by atoms with van der Waals surface area (Å²) in [5, 5.41) is 13.1. The minimum Gasteiger partial charge on any atom is -0.420 e. The van der Waals surface area contributed by atoms with Gasteiger partial charge in [-0.05, 0) is 31.2 Å². The smallest absolute Gasteiger partial charge is 0.349 e. The van der Waals surface area contributed by atoms with Crippen LogP contribution in [0.25, 0.3) is 11.0 Å². The first kappa shape index (κ1) is 17.4. The van der Waals surface area contributed by atoms with Gasteiger partial charge < -0.3 is 14.8 Å². The highest BCUT2D eigenvalue weighted by atomic mass is 35.5. The lowest BCUT2D eigenvalue weighted by Crippen LogP contribution is -2.21. The highest BCUT2D eigenvalue weighted by molar-refractivity contribution is 6.36. The molecule has 0 saturated heterocycles. The van der Waals surface area contributed by atoms with E-state index in [1.165, 1.54) is 24.4 Å². The molecule has 0 saturated carbocycles. The number of aliphatic hydroxyl groups is 1. The number of nitrogens with zero attached hydrogens (tertiary/aromatic N) is 1. The van der Waals surface area contributed by atoms with Crippen molar-refractivity contribution in [3.8, 4) is 0 Å². The Morgan fingerprint density at radius 3 is 2.76 bits per heavy atom. The molecule has 0 aliphatic heterocycles. The van der Waals surface area contributed by atoms with E-state index in [1.807, 2.05) is 0 Å². The van der Waals surface area contributed by atoms with Gasteiger partial charge in [-0.3, -0.25) is 9.78 Å². The Morgan fingerprint density at radius 2 is 2.08 bits per heavy atom. The fourth-order valence-corrected chi connectivity index (χ4v) is 2.80. The summed E-state index contributed by atoms with van der Waals surface area (Å²) >= 11 is 11.8. The zero-order valence-corrected chi connectivity index (χ0v) is 14.5. The molecule has 1 aromatic carbocycles. The van der Waals surface area contributed by atoms with Crippen molar-refractivity contribution in [2.75, 3.05) is 5.32 Å². The van der Waals surface area contributed by atoms with Gasteiger partial charge in [-0.15, -0.1) is 0 Å². The number of benzene rings is 1. The third-order valence-corrected chi connectivity index (χ3v) is 4.18. The Hall–Kier alpha value is -2.41. The number of aromatic nitrogens is 1. The summed E-state index contributed by atoms with van der Waals surface area (Å²) in [6.07, 6.45) is 1.47. The number of aryl methyl sites for hydroxylation is 1. The lowest BCUT2D eigenvalue weighted by Gasteiger charge is -2.09. The van der Waals surface area contributed by atoms with Gasteiger partial charge in [-0.25, -0.2) is 4.79 Å². The van der Waals surface area contributed by atoms with Gasteiger partial charge in [0, 0.05) is 22.2 Å². The van der Waals surface area contributed by atoms with Gasteiger partial charge in [0.2, 0.25) is 0 Å². The second kappa shape index (κ2) is 6.84. The van der Waals surface area contributed by atoms with Crippen LogP contribution in [0.1, 0.15) is 21.6 Å². The summed E-state index contributed by atoms with van der Waals surface area (Å²) in [7, 11) is 0. The van der Waals surface area contributed by atoms with Gasteiger partial charge in [-0.2, -0.15) is 0 Å². The SMILES string of the molecule is Cc1ncc(CO)c2cc(C(=O)Nc3ccc(Cl)cc3Cl)c(=O)oc12. The number of rotatable bonds is 3. The minimum absolute atomic E-state index is 0.209. The molecule has 0 atom stereocenters. The van der Waals surface area contributed by atoms with Crippen LogP contribution in [0, 0.1) is 6.92 Å². The zero-order chi connectivity index (χ0) is 18.1. The van der Waals surface area contributed by atoms with Crippen LogP contribution in [-0.4, -0.2) is 16.0 Å². The van der Waals surface area contributed by atoms with E-state index >= 15 is 0 Å². The van der Waals surface area contributed by atoms with E-state index in [2.05, 4.69) is 10.3 Å². The molecule has 0 bridgehead atoms. The summed E-state index contributed by atoms with van der Waals surface area (Å²) in [4.78, 5) is 28.7. The van der Waals surface area contributed by atoms with E-state index < -0.39 is 11.5 Å². The van der Waals surface area contributed by atoms with Gasteiger partial charge in [0.25, 0.3) is 5.91 Å². The Bertz CT molecular complexity index is 1050. The van der Waals surface area contributed by atoms with Crippen molar-refractivity contribution in [1.29, 1.82) is 0 Å². The van der Waals surface area contributed by atoms with Crippen molar-refractivity contribution in [1.82, 2.24) is 4.98 Å². The van der Waals surface area contributed by atoms with Gasteiger partial charge in [0.05, 0.1) is 23.0 Å². The largest absolute Gasteiger partial charge is 0.420 e. The minimum atomic E-state index is -0.810. The van der Waals surface area contributed by atoms with Gasteiger partial charge in [0.1, 0.15) is 5.56 Å². The van der Waals surface area contributed by atoms with Crippen molar-refractivity contribution in [2.45, 2.75) is 13.5 Å². The first-order valence-corrected chi connectivity index (χ1v) is 7.96. The van der Waals surface area contributed by atoms with Crippen molar-refractivity contribution in [2.24, 2.45) is 0 Å². The second-order valence-electron chi connectivity index (χ2n) is 5.30. The molecule has 2 N–H and O–H groups in total. The summed E-state index contributed by atoms with van der Waals surface area (Å²) in [5.41, 5.74) is 0.454. The van der Waals surface area contributed by atoms with E-state index in [0.29, 0.717) is 27.4 Å². The topological polar surface area (TPSA) is 92.4 Å². The van der Waals surface area contributed by atoms with Crippen LogP contribution in [0.3, 0.4) is 0 Å². The first-order valence-electron chi connectivity index (χ1n) is 7.20. The van der Waals surface area contributed by atoms with E-state index in [0.717, 1.165) is 0 Å². The highest BCUT2D eigenvalue weighted by Crippen LogP contribution is 2.26. The summed E-state index contributed by atoms with van der Waals surface area (Å²) in [6, 6.07) is 5.93. The predicted molar refractivity (Wildman–Crippen MR) is 95.4 cm³/mol. The van der Waals surface area contributed by atoms with E-state index in [9.17, 15) is 14.7 Å². The highest BCUT2D eigenvalue weighted by Gasteiger charge is 2.18. The number of amides is 1. The number of hydrogen-bond donors (Lipinski definition) is 2. The average molecular weight is 379 g/mol. The van der Waals surface area contributed by atoms with Crippen LogP contribution < -0.4 is 10.9 Å². The number of pyridine rings is 1. The van der Waals surface area contributed by atoms with Crippen LogP contribution in [0.4, 0.5) is 5.69 Å². The number of fused-ring (bicyclic) bond motifs is 1. The van der Waals surface area contributed by atoms with E-state index in [1.54, 1.807) is 13.0 Å².